The molecule has 0 radical (unpaired) electrons. The Morgan fingerprint density at radius 3 is 2.47 bits per heavy atom. The quantitative estimate of drug-likeness (QED) is 0.784. The third-order valence-electron chi connectivity index (χ3n) is 4.15. The minimum atomic E-state index is -2.89. The maximum absolute atomic E-state index is 11.5. The average Bonchev–Trinajstić information content (AvgIpc) is 2.81. The molecule has 2 atom stereocenters. The van der Waals surface area contributed by atoms with Crippen molar-refractivity contribution < 1.29 is 23.1 Å². The van der Waals surface area contributed by atoms with Gasteiger partial charge in [-0.25, -0.2) is 8.42 Å². The molecule has 19 heavy (non-hydrogen) atoms. The van der Waals surface area contributed by atoms with Crippen LogP contribution >= 0.6 is 0 Å². The molecule has 7 heteroatoms. The first-order valence-electron chi connectivity index (χ1n) is 6.71. The predicted molar refractivity (Wildman–Crippen MR) is 69.8 cm³/mol. The molecular weight excluding hydrogens is 270 g/mol. The summed E-state index contributed by atoms with van der Waals surface area (Å²) >= 11 is 0. The minimum absolute atomic E-state index is 0.131. The van der Waals surface area contributed by atoms with Crippen molar-refractivity contribution in [3.8, 4) is 0 Å². The van der Waals surface area contributed by atoms with Crippen molar-refractivity contribution >= 4 is 15.8 Å². The summed E-state index contributed by atoms with van der Waals surface area (Å²) in [5.41, 5.74) is 0. The molecule has 0 saturated carbocycles. The van der Waals surface area contributed by atoms with Gasteiger partial charge in [0.1, 0.15) is 9.84 Å². The lowest BCUT2D eigenvalue weighted by Gasteiger charge is -2.38. The highest BCUT2D eigenvalue weighted by atomic mass is 32.2. The van der Waals surface area contributed by atoms with Gasteiger partial charge in [0.2, 0.25) is 0 Å². The van der Waals surface area contributed by atoms with Crippen LogP contribution in [0.1, 0.15) is 19.8 Å². The van der Waals surface area contributed by atoms with Gasteiger partial charge in [-0.1, -0.05) is 6.92 Å². The van der Waals surface area contributed by atoms with E-state index >= 15 is 0 Å². The van der Waals surface area contributed by atoms with Crippen LogP contribution in [-0.4, -0.2) is 67.7 Å². The summed E-state index contributed by atoms with van der Waals surface area (Å²) in [4.78, 5) is 13.3. The van der Waals surface area contributed by atoms with Gasteiger partial charge in [0.05, 0.1) is 30.6 Å². The molecule has 2 aliphatic heterocycles. The summed E-state index contributed by atoms with van der Waals surface area (Å²) in [6, 6.07) is 0.0235. The Labute approximate surface area is 113 Å². The Bertz CT molecular complexity index is 421. The monoisotopic (exact) mass is 291 g/mol. The van der Waals surface area contributed by atoms with E-state index < -0.39 is 21.7 Å². The molecule has 2 fully saturated rings. The molecule has 2 rings (SSSR count). The molecule has 110 valence electrons. The van der Waals surface area contributed by atoms with Gasteiger partial charge in [0.25, 0.3) is 0 Å². The number of carboxylic acids is 1. The Balaban J connectivity index is 2.06. The van der Waals surface area contributed by atoms with E-state index in [1.165, 1.54) is 0 Å². The lowest BCUT2D eigenvalue weighted by atomic mass is 9.98. The molecular formula is C12H21NO5S. The zero-order valence-corrected chi connectivity index (χ0v) is 11.9. The van der Waals surface area contributed by atoms with Crippen LogP contribution in [0.2, 0.25) is 0 Å². The molecule has 2 saturated heterocycles. The molecule has 0 aliphatic carbocycles. The van der Waals surface area contributed by atoms with Gasteiger partial charge < -0.3 is 9.84 Å². The molecule has 0 aromatic rings. The second kappa shape index (κ2) is 5.76. The molecule has 2 unspecified atom stereocenters. The summed E-state index contributed by atoms with van der Waals surface area (Å²) in [7, 11) is -2.89. The highest BCUT2D eigenvalue weighted by molar-refractivity contribution is 7.91. The number of hydrogen-bond acceptors (Lipinski definition) is 5. The Hall–Kier alpha value is -0.660. The largest absolute Gasteiger partial charge is 0.481 e. The van der Waals surface area contributed by atoms with E-state index in [2.05, 4.69) is 4.90 Å². The van der Waals surface area contributed by atoms with E-state index in [1.54, 1.807) is 0 Å². The number of carbonyl (C=O) groups is 1. The molecule has 2 aliphatic rings. The zero-order chi connectivity index (χ0) is 14.0. The fraction of sp³-hybridized carbons (Fsp3) is 0.917. The van der Waals surface area contributed by atoms with E-state index in [1.807, 2.05) is 6.92 Å². The number of carboxylic acid groups (broad SMARTS) is 1. The Morgan fingerprint density at radius 1 is 1.32 bits per heavy atom. The molecule has 0 aromatic heterocycles. The summed E-state index contributed by atoms with van der Waals surface area (Å²) in [5, 5.41) is 9.21. The molecule has 0 bridgehead atoms. The van der Waals surface area contributed by atoms with Crippen LogP contribution in [0.15, 0.2) is 0 Å². The van der Waals surface area contributed by atoms with Crippen LogP contribution in [-0.2, 0) is 19.4 Å². The summed E-state index contributed by atoms with van der Waals surface area (Å²) in [6.07, 6.45) is 1.19. The van der Waals surface area contributed by atoms with Crippen molar-refractivity contribution in [3.63, 3.8) is 0 Å². The van der Waals surface area contributed by atoms with Crippen LogP contribution in [0.4, 0.5) is 0 Å². The van der Waals surface area contributed by atoms with Crippen molar-refractivity contribution in [2.24, 2.45) is 5.92 Å². The third-order valence-corrected chi connectivity index (χ3v) is 5.87. The van der Waals surface area contributed by atoms with Crippen molar-refractivity contribution in [2.45, 2.75) is 31.8 Å². The second-order valence-corrected chi connectivity index (χ2v) is 7.57. The minimum Gasteiger partial charge on any atom is -0.481 e. The predicted octanol–water partition coefficient (Wildman–Crippen LogP) is -0.0149. The Morgan fingerprint density at radius 2 is 1.95 bits per heavy atom. The zero-order valence-electron chi connectivity index (χ0n) is 11.1. The molecule has 2 heterocycles. The van der Waals surface area contributed by atoms with Gasteiger partial charge in [-0.2, -0.15) is 0 Å². The Kier molecular flexibility index (Phi) is 4.47. The van der Waals surface area contributed by atoms with E-state index in [0.29, 0.717) is 19.4 Å². The maximum atomic E-state index is 11.5. The van der Waals surface area contributed by atoms with E-state index in [0.717, 1.165) is 6.54 Å². The summed E-state index contributed by atoms with van der Waals surface area (Å²) in [5.74, 6) is -0.915. The number of hydrogen-bond donors (Lipinski definition) is 1. The fourth-order valence-corrected chi connectivity index (χ4v) is 4.54. The molecule has 0 spiro atoms. The van der Waals surface area contributed by atoms with E-state index in [9.17, 15) is 18.3 Å². The fourth-order valence-electron chi connectivity index (χ4n) is 3.08. The lowest BCUT2D eigenvalue weighted by molar-refractivity contribution is -0.143. The maximum Gasteiger partial charge on any atom is 0.310 e. The lowest BCUT2D eigenvalue weighted by Crippen LogP contribution is -2.50. The van der Waals surface area contributed by atoms with E-state index in [4.69, 9.17) is 4.74 Å². The third kappa shape index (κ3) is 3.27. The van der Waals surface area contributed by atoms with E-state index in [-0.39, 0.29) is 30.2 Å². The molecule has 6 nitrogen and oxygen atoms in total. The van der Waals surface area contributed by atoms with Crippen LogP contribution < -0.4 is 0 Å². The first-order valence-corrected chi connectivity index (χ1v) is 8.53. The van der Waals surface area contributed by atoms with Crippen LogP contribution in [0, 0.1) is 5.92 Å². The second-order valence-electron chi connectivity index (χ2n) is 5.26. The number of likely N-dealkylation sites (N-methyl/N-ethyl adjacent to an activating group) is 1. The van der Waals surface area contributed by atoms with Crippen LogP contribution in [0.25, 0.3) is 0 Å². The number of sulfone groups is 1. The summed E-state index contributed by atoms with van der Waals surface area (Å²) < 4.78 is 28.2. The van der Waals surface area contributed by atoms with Gasteiger partial charge in [0, 0.05) is 12.1 Å². The van der Waals surface area contributed by atoms with Gasteiger partial charge in [-0.15, -0.1) is 0 Å². The van der Waals surface area contributed by atoms with Crippen molar-refractivity contribution in [3.05, 3.63) is 0 Å². The number of nitrogens with zero attached hydrogens (tertiary/aromatic N) is 1. The van der Waals surface area contributed by atoms with Gasteiger partial charge in [-0.3, -0.25) is 9.69 Å². The van der Waals surface area contributed by atoms with Gasteiger partial charge >= 0.3 is 5.97 Å². The van der Waals surface area contributed by atoms with Crippen LogP contribution in [0.5, 0.6) is 0 Å². The average molecular weight is 291 g/mol. The number of ether oxygens (including phenoxy) is 1. The van der Waals surface area contributed by atoms with Gasteiger partial charge in [0.15, 0.2) is 0 Å². The standard InChI is InChI=1S/C12H21NO5S/c1-2-13(9-3-5-19(16,17)6-4-9)11-8-18-7-10(11)12(14)15/h9-11H,2-8H2,1H3,(H,14,15). The topological polar surface area (TPSA) is 83.9 Å². The van der Waals surface area contributed by atoms with Gasteiger partial charge in [-0.05, 0) is 19.4 Å². The van der Waals surface area contributed by atoms with Crippen molar-refractivity contribution in [2.75, 3.05) is 31.3 Å². The first kappa shape index (κ1) is 14.7. The molecule has 1 N–H and O–H groups in total. The highest BCUT2D eigenvalue weighted by Gasteiger charge is 2.41. The number of aliphatic carboxylic acids is 1. The molecule has 0 amide bonds. The SMILES string of the molecule is CCN(C1CCS(=O)(=O)CC1)C1COCC1C(=O)O. The first-order chi connectivity index (χ1) is 8.94. The smallest absolute Gasteiger partial charge is 0.310 e. The normalized spacial score (nSPS) is 31.7. The summed E-state index contributed by atoms with van der Waals surface area (Å²) in [6.45, 7) is 3.39. The van der Waals surface area contributed by atoms with Crippen molar-refractivity contribution in [1.82, 2.24) is 4.90 Å². The number of rotatable bonds is 4. The molecule has 0 aromatic carbocycles. The van der Waals surface area contributed by atoms with Crippen LogP contribution in [0.3, 0.4) is 0 Å². The van der Waals surface area contributed by atoms with Crippen molar-refractivity contribution in [1.29, 1.82) is 0 Å². The highest BCUT2D eigenvalue weighted by Crippen LogP contribution is 2.26.